The molecule has 0 aliphatic carbocycles. The van der Waals surface area contributed by atoms with Gasteiger partial charge in [-0.2, -0.15) is 0 Å². The molecule has 0 aliphatic heterocycles. The minimum absolute atomic E-state index is 0.172. The molecule has 0 bridgehead atoms. The van der Waals surface area contributed by atoms with Gasteiger partial charge in [-0.15, -0.1) is 0 Å². The van der Waals surface area contributed by atoms with E-state index in [1.54, 1.807) is 0 Å². The average molecular weight is 1290 g/mol. The number of rotatable bonds is 79. The summed E-state index contributed by atoms with van der Waals surface area (Å²) in [6, 6.07) is 0. The van der Waals surface area contributed by atoms with Gasteiger partial charge in [0.2, 0.25) is 0 Å². The van der Waals surface area contributed by atoms with Gasteiger partial charge >= 0.3 is 17.9 Å². The maximum atomic E-state index is 13.0. The molecule has 0 aromatic heterocycles. The fraction of sp³-hybridized carbons (Fsp3) is 0.963. The molecule has 0 rings (SSSR count). The Balaban J connectivity index is 3.92. The lowest BCUT2D eigenvalue weighted by atomic mass is 10.0. The Bertz CT molecular complexity index is 1450. The number of unbranched alkanes of at least 4 members (excludes halogenated alkanes) is 64. The lowest BCUT2D eigenvalue weighted by Crippen LogP contribution is -2.40. The predicted octanol–water partition coefficient (Wildman–Crippen LogP) is 26.2. The highest BCUT2D eigenvalue weighted by Crippen LogP contribution is 2.21. The van der Waals surface area contributed by atoms with E-state index in [1.165, 1.54) is 385 Å². The molecule has 0 heterocycles. The van der Waals surface area contributed by atoms with Gasteiger partial charge in [0.1, 0.15) is 13.2 Å². The third kappa shape index (κ3) is 75.5. The molecule has 0 spiro atoms. The summed E-state index contributed by atoms with van der Waals surface area (Å²) in [5.41, 5.74) is 0. The molecule has 0 aliphatic rings. The summed E-state index contributed by atoms with van der Waals surface area (Å²) in [5.74, 6) is -1.96. The van der Waals surface area contributed by atoms with Crippen LogP contribution in [0.2, 0.25) is 0 Å². The van der Waals surface area contributed by atoms with Crippen LogP contribution in [-0.4, -0.2) is 87.4 Å². The van der Waals surface area contributed by atoms with Crippen molar-refractivity contribution < 1.29 is 42.9 Å². The number of carbonyl (C=O) groups excluding carboxylic acids is 2. The summed E-state index contributed by atoms with van der Waals surface area (Å²) in [5, 5.41) is 9.77. The molecule has 9 heteroatoms. The van der Waals surface area contributed by atoms with E-state index in [4.69, 9.17) is 18.9 Å². The maximum Gasteiger partial charge on any atom is 0.361 e. The molecule has 0 aromatic carbocycles. The molecule has 9 nitrogen and oxygen atoms in total. The molecular weight excluding hydrogens is 1130 g/mol. The largest absolute Gasteiger partial charge is 0.477 e. The van der Waals surface area contributed by atoms with Gasteiger partial charge in [-0.1, -0.05) is 425 Å². The van der Waals surface area contributed by atoms with E-state index in [2.05, 4.69) is 13.8 Å². The van der Waals surface area contributed by atoms with Crippen LogP contribution in [0.3, 0.4) is 0 Å². The van der Waals surface area contributed by atoms with Gasteiger partial charge in [-0.3, -0.25) is 9.59 Å². The van der Waals surface area contributed by atoms with Gasteiger partial charge in [0.15, 0.2) is 6.10 Å². The molecule has 0 aromatic rings. The fourth-order valence-electron chi connectivity index (χ4n) is 13.1. The first-order valence-corrected chi connectivity index (χ1v) is 41.2. The second-order valence-corrected chi connectivity index (χ2v) is 29.8. The zero-order valence-corrected chi connectivity index (χ0v) is 62.3. The molecule has 542 valence electrons. The standard InChI is InChI=1S/C82H161NO8/c1-6-8-10-12-14-16-18-20-22-24-26-28-30-32-34-36-37-38-39-40-41-42-43-45-47-49-51-53-55-57-59-61-63-65-67-69-71-73-80(85)91-78(77-90-82(81(86)87)88-75-74-83(3,4)5)76-89-79(84)72-70-68-66-64-62-60-58-56-54-52-50-48-46-44-35-33-31-29-27-25-23-21-19-17-15-13-11-9-7-2/h78,82H,6-77H2,1-5H3/p+1. The first-order chi connectivity index (χ1) is 44.6. The third-order valence-corrected chi connectivity index (χ3v) is 19.4. The van der Waals surface area contributed by atoms with Crippen LogP contribution in [0.25, 0.3) is 0 Å². The van der Waals surface area contributed by atoms with Gasteiger partial charge in [0, 0.05) is 12.8 Å². The van der Waals surface area contributed by atoms with Crippen molar-refractivity contribution in [1.82, 2.24) is 0 Å². The highest BCUT2D eigenvalue weighted by molar-refractivity contribution is 5.71. The van der Waals surface area contributed by atoms with Crippen LogP contribution in [0.5, 0.6) is 0 Å². The number of esters is 2. The van der Waals surface area contributed by atoms with Crippen molar-refractivity contribution in [2.45, 2.75) is 463 Å². The second kappa shape index (κ2) is 74.1. The number of carboxylic acids is 1. The van der Waals surface area contributed by atoms with Crippen molar-refractivity contribution in [2.75, 3.05) is 47.5 Å². The van der Waals surface area contributed by atoms with Crippen molar-refractivity contribution in [3.05, 3.63) is 0 Å². The van der Waals surface area contributed by atoms with Crippen molar-refractivity contribution >= 4 is 17.9 Å². The topological polar surface area (TPSA) is 108 Å². The summed E-state index contributed by atoms with van der Waals surface area (Å²) in [6.45, 7) is 4.99. The lowest BCUT2D eigenvalue weighted by Gasteiger charge is -2.25. The highest BCUT2D eigenvalue weighted by atomic mass is 16.7. The number of hydrogen-bond donors (Lipinski definition) is 1. The number of likely N-dealkylation sites (N-methyl/N-ethyl adjacent to an activating group) is 1. The minimum atomic E-state index is -1.51. The number of carboxylic acid groups (broad SMARTS) is 1. The van der Waals surface area contributed by atoms with Crippen LogP contribution < -0.4 is 0 Å². The number of carbonyl (C=O) groups is 3. The summed E-state index contributed by atoms with van der Waals surface area (Å²) in [6.07, 6.45) is 88.5. The van der Waals surface area contributed by atoms with Gasteiger partial charge in [0.25, 0.3) is 6.29 Å². The van der Waals surface area contributed by atoms with Gasteiger partial charge in [0.05, 0.1) is 34.4 Å². The lowest BCUT2D eigenvalue weighted by molar-refractivity contribution is -0.870. The number of ether oxygens (including phenoxy) is 4. The Morgan fingerprint density at radius 3 is 0.703 bits per heavy atom. The molecule has 0 amide bonds. The van der Waals surface area contributed by atoms with Gasteiger partial charge in [-0.05, 0) is 12.8 Å². The molecule has 1 N–H and O–H groups in total. The van der Waals surface area contributed by atoms with E-state index in [9.17, 15) is 19.5 Å². The van der Waals surface area contributed by atoms with E-state index in [-0.39, 0.29) is 38.2 Å². The fourth-order valence-corrected chi connectivity index (χ4v) is 13.1. The zero-order chi connectivity index (χ0) is 66.1. The molecule has 0 saturated heterocycles. The van der Waals surface area contributed by atoms with Crippen molar-refractivity contribution in [1.29, 1.82) is 0 Å². The molecule has 0 fully saturated rings. The Kier molecular flexibility index (Phi) is 72.7. The van der Waals surface area contributed by atoms with E-state index in [0.717, 1.165) is 38.5 Å². The summed E-state index contributed by atoms with van der Waals surface area (Å²) < 4.78 is 23.1. The Labute approximate surface area is 568 Å². The zero-order valence-electron chi connectivity index (χ0n) is 62.3. The Hall–Kier alpha value is -1.71. The minimum Gasteiger partial charge on any atom is -0.477 e. The molecule has 0 saturated carbocycles. The second-order valence-electron chi connectivity index (χ2n) is 29.8. The molecule has 0 radical (unpaired) electrons. The molecule has 91 heavy (non-hydrogen) atoms. The van der Waals surface area contributed by atoms with Crippen LogP contribution in [0.15, 0.2) is 0 Å². The molecule has 2 atom stereocenters. The van der Waals surface area contributed by atoms with E-state index < -0.39 is 18.4 Å². The first kappa shape index (κ1) is 89.3. The number of nitrogens with zero attached hydrogens (tertiary/aromatic N) is 1. The van der Waals surface area contributed by atoms with Crippen LogP contribution in [0.4, 0.5) is 0 Å². The Morgan fingerprint density at radius 1 is 0.286 bits per heavy atom. The van der Waals surface area contributed by atoms with Gasteiger partial charge < -0.3 is 28.5 Å². The highest BCUT2D eigenvalue weighted by Gasteiger charge is 2.25. The smallest absolute Gasteiger partial charge is 0.361 e. The van der Waals surface area contributed by atoms with Crippen molar-refractivity contribution in [2.24, 2.45) is 0 Å². The summed E-state index contributed by atoms with van der Waals surface area (Å²) in [4.78, 5) is 37.7. The van der Waals surface area contributed by atoms with Crippen LogP contribution in [-0.2, 0) is 33.3 Å². The summed E-state index contributed by atoms with van der Waals surface area (Å²) in [7, 11) is 6.01. The molecule has 2 unspecified atom stereocenters. The van der Waals surface area contributed by atoms with Crippen LogP contribution >= 0.6 is 0 Å². The van der Waals surface area contributed by atoms with Crippen LogP contribution in [0, 0.1) is 0 Å². The Morgan fingerprint density at radius 2 is 0.495 bits per heavy atom. The first-order valence-electron chi connectivity index (χ1n) is 41.2. The average Bonchev–Trinajstić information content (AvgIpc) is 3.50. The number of aliphatic carboxylic acids is 1. The van der Waals surface area contributed by atoms with Crippen LogP contribution in [0.1, 0.15) is 450 Å². The maximum absolute atomic E-state index is 13.0. The predicted molar refractivity (Wildman–Crippen MR) is 392 cm³/mol. The monoisotopic (exact) mass is 1290 g/mol. The quantitative estimate of drug-likeness (QED) is 0.0278. The normalized spacial score (nSPS) is 12.5. The number of quaternary nitrogens is 1. The third-order valence-electron chi connectivity index (χ3n) is 19.4. The number of hydrogen-bond acceptors (Lipinski definition) is 7. The van der Waals surface area contributed by atoms with E-state index >= 15 is 0 Å². The van der Waals surface area contributed by atoms with Gasteiger partial charge in [-0.25, -0.2) is 4.79 Å². The SMILES string of the molecule is CCCCCCCCCCCCCCCCCCCCCCCCCCCCCCCCCCCCCCCC(=O)OC(COC(=O)CCCCCCCCCCCCCCCCCCCCCCCCCCCCCCC)COC(OCC[N+](C)(C)C)C(=O)O. The van der Waals surface area contributed by atoms with E-state index in [1.807, 2.05) is 21.1 Å². The summed E-state index contributed by atoms with van der Waals surface area (Å²) >= 11 is 0. The van der Waals surface area contributed by atoms with E-state index in [0.29, 0.717) is 17.4 Å². The van der Waals surface area contributed by atoms with Crippen molar-refractivity contribution in [3.8, 4) is 0 Å². The van der Waals surface area contributed by atoms with Crippen molar-refractivity contribution in [3.63, 3.8) is 0 Å². The molecular formula is C82H162NO8+.